The molecule has 4 heteroatoms. The minimum atomic E-state index is -0.456. The van der Waals surface area contributed by atoms with Gasteiger partial charge in [0.05, 0.1) is 12.3 Å². The van der Waals surface area contributed by atoms with Gasteiger partial charge in [-0.1, -0.05) is 48.5 Å². The van der Waals surface area contributed by atoms with Crippen LogP contribution in [0.25, 0.3) is 0 Å². The van der Waals surface area contributed by atoms with E-state index in [0.717, 1.165) is 0 Å². The molecule has 0 aromatic heterocycles. The number of amides is 2. The largest absolute Gasteiger partial charge is 0.299 e. The predicted octanol–water partition coefficient (Wildman–Crippen LogP) is 3.05. The van der Waals surface area contributed by atoms with Gasteiger partial charge in [-0.15, -0.1) is 0 Å². The zero-order valence-electron chi connectivity index (χ0n) is 14.4. The average molecular weight is 295 g/mol. The highest BCUT2D eigenvalue weighted by atomic mass is 16.2. The van der Waals surface area contributed by atoms with Gasteiger partial charge in [0.2, 0.25) is 11.8 Å². The van der Waals surface area contributed by atoms with E-state index in [9.17, 15) is 14.4 Å². The third-order valence-electron chi connectivity index (χ3n) is 4.15. The second-order valence-electron chi connectivity index (χ2n) is 8.21. The van der Waals surface area contributed by atoms with Gasteiger partial charge >= 0.3 is 0 Å². The normalized spacial score (nSPS) is 25.3. The number of imide groups is 1. The summed E-state index contributed by atoms with van der Waals surface area (Å²) in [4.78, 5) is 39.1. The van der Waals surface area contributed by atoms with Crippen molar-refractivity contribution < 1.29 is 14.4 Å². The van der Waals surface area contributed by atoms with Gasteiger partial charge < -0.3 is 0 Å². The number of ketones is 1. The average Bonchev–Trinajstić information content (AvgIpc) is 2.36. The van der Waals surface area contributed by atoms with Crippen LogP contribution in [-0.2, 0) is 14.4 Å². The summed E-state index contributed by atoms with van der Waals surface area (Å²) in [5.41, 5.74) is -0.700. The lowest BCUT2D eigenvalue weighted by Crippen LogP contribution is -2.48. The number of hydrogen-bond acceptors (Lipinski definition) is 3. The van der Waals surface area contributed by atoms with Crippen molar-refractivity contribution >= 4 is 17.6 Å². The first-order chi connectivity index (χ1) is 9.41. The first kappa shape index (κ1) is 17.9. The van der Waals surface area contributed by atoms with Gasteiger partial charge in [0.1, 0.15) is 5.78 Å². The minimum absolute atomic E-state index is 0.0978. The minimum Gasteiger partial charge on any atom is -0.299 e. The molecular weight excluding hydrogens is 266 g/mol. The van der Waals surface area contributed by atoms with Crippen molar-refractivity contribution in [3.63, 3.8) is 0 Å². The summed E-state index contributed by atoms with van der Waals surface area (Å²) < 4.78 is 0. The first-order valence-corrected chi connectivity index (χ1v) is 7.78. The van der Waals surface area contributed by atoms with Crippen LogP contribution < -0.4 is 0 Å². The third-order valence-corrected chi connectivity index (χ3v) is 4.15. The second-order valence-corrected chi connectivity index (χ2v) is 8.21. The molecule has 0 radical (unpaired) electrons. The predicted molar refractivity (Wildman–Crippen MR) is 82.5 cm³/mol. The Balaban J connectivity index is 3.41. The Hall–Kier alpha value is -1.19. The first-order valence-electron chi connectivity index (χ1n) is 7.78. The van der Waals surface area contributed by atoms with Crippen molar-refractivity contribution in [1.82, 2.24) is 4.90 Å². The molecular formula is C17H29NO3. The molecule has 1 aliphatic heterocycles. The lowest BCUT2D eigenvalue weighted by Gasteiger charge is -2.41. The van der Waals surface area contributed by atoms with Crippen LogP contribution in [0.3, 0.4) is 0 Å². The number of hydrogen-bond donors (Lipinski definition) is 0. The molecule has 1 fully saturated rings. The second kappa shape index (κ2) is 5.90. The topological polar surface area (TPSA) is 54.5 Å². The molecule has 120 valence electrons. The molecule has 2 atom stereocenters. The van der Waals surface area contributed by atoms with Gasteiger partial charge in [0, 0.05) is 12.5 Å². The highest BCUT2D eigenvalue weighted by molar-refractivity contribution is 6.10. The van der Waals surface area contributed by atoms with Crippen molar-refractivity contribution in [2.75, 3.05) is 6.54 Å². The Kier molecular flexibility index (Phi) is 5.01. The highest BCUT2D eigenvalue weighted by Gasteiger charge is 2.51. The number of Topliss-reactive ketones (excluding diaryl/α,β-unsaturated/α-hetero) is 1. The molecule has 0 aromatic carbocycles. The summed E-state index contributed by atoms with van der Waals surface area (Å²) in [5, 5.41) is 0. The number of likely N-dealkylation sites (tertiary alicyclic amines) is 1. The molecule has 4 nitrogen and oxygen atoms in total. The van der Waals surface area contributed by atoms with E-state index in [4.69, 9.17) is 0 Å². The van der Waals surface area contributed by atoms with E-state index in [0.29, 0.717) is 13.0 Å². The molecule has 1 aliphatic rings. The Labute approximate surface area is 128 Å². The molecule has 0 bridgehead atoms. The molecule has 0 aromatic rings. The summed E-state index contributed by atoms with van der Waals surface area (Å²) in [6.45, 7) is 14.2. The fraction of sp³-hybridized carbons (Fsp3) is 0.824. The molecule has 2 unspecified atom stereocenters. The zero-order valence-corrected chi connectivity index (χ0v) is 14.4. The van der Waals surface area contributed by atoms with E-state index in [-0.39, 0.29) is 34.8 Å². The van der Waals surface area contributed by atoms with Crippen molar-refractivity contribution in [2.45, 2.75) is 61.3 Å². The van der Waals surface area contributed by atoms with Gasteiger partial charge in [-0.25, -0.2) is 0 Å². The van der Waals surface area contributed by atoms with Gasteiger partial charge in [0.15, 0.2) is 0 Å². The number of nitrogens with zero attached hydrogens (tertiary/aromatic N) is 1. The Morgan fingerprint density at radius 1 is 0.952 bits per heavy atom. The van der Waals surface area contributed by atoms with Crippen molar-refractivity contribution in [1.29, 1.82) is 0 Å². The van der Waals surface area contributed by atoms with Crippen LogP contribution in [-0.4, -0.2) is 29.0 Å². The zero-order chi connectivity index (χ0) is 16.6. The summed E-state index contributed by atoms with van der Waals surface area (Å²) >= 11 is 0. The van der Waals surface area contributed by atoms with E-state index in [1.165, 1.54) is 4.90 Å². The summed E-state index contributed by atoms with van der Waals surface area (Å²) in [5.74, 6) is -1.49. The molecule has 1 rings (SSSR count). The lowest BCUT2D eigenvalue weighted by atomic mass is 9.62. The van der Waals surface area contributed by atoms with Crippen LogP contribution in [0.5, 0.6) is 0 Å². The fourth-order valence-corrected chi connectivity index (χ4v) is 3.29. The Morgan fingerprint density at radius 3 is 1.81 bits per heavy atom. The maximum Gasteiger partial charge on any atom is 0.236 e. The van der Waals surface area contributed by atoms with Crippen molar-refractivity contribution in [3.05, 3.63) is 0 Å². The SMILES string of the molecule is CCCN1C(=O)CC(=O)C(C(C)(C)C)C(C(C)(C)C)C1=O. The van der Waals surface area contributed by atoms with Gasteiger partial charge in [-0.3, -0.25) is 19.3 Å². The smallest absolute Gasteiger partial charge is 0.236 e. The third kappa shape index (κ3) is 3.72. The summed E-state index contributed by atoms with van der Waals surface area (Å²) in [7, 11) is 0. The maximum atomic E-state index is 12.9. The van der Waals surface area contributed by atoms with E-state index in [2.05, 4.69) is 0 Å². The van der Waals surface area contributed by atoms with E-state index in [1.54, 1.807) is 0 Å². The Morgan fingerprint density at radius 2 is 1.43 bits per heavy atom. The summed E-state index contributed by atoms with van der Waals surface area (Å²) in [6.07, 6.45) is 0.559. The lowest BCUT2D eigenvalue weighted by molar-refractivity contribution is -0.150. The van der Waals surface area contributed by atoms with Gasteiger partial charge in [-0.05, 0) is 17.3 Å². The highest BCUT2D eigenvalue weighted by Crippen LogP contribution is 2.44. The Bertz CT molecular complexity index is 440. The molecule has 1 heterocycles. The van der Waals surface area contributed by atoms with E-state index in [1.807, 2.05) is 48.5 Å². The van der Waals surface area contributed by atoms with Gasteiger partial charge in [0.25, 0.3) is 0 Å². The van der Waals surface area contributed by atoms with Crippen molar-refractivity contribution in [2.24, 2.45) is 22.7 Å². The standard InChI is InChI=1S/C17H29NO3/c1-8-9-18-12(20)10-11(19)13(16(2,3)4)14(15(18)21)17(5,6)7/h13-14H,8-10H2,1-7H3. The number of carbonyl (C=O) groups excluding carboxylic acids is 3. The van der Waals surface area contributed by atoms with Crippen LogP contribution in [0.1, 0.15) is 61.3 Å². The van der Waals surface area contributed by atoms with Crippen LogP contribution in [0.2, 0.25) is 0 Å². The molecule has 0 spiro atoms. The van der Waals surface area contributed by atoms with Crippen LogP contribution >= 0.6 is 0 Å². The van der Waals surface area contributed by atoms with Crippen molar-refractivity contribution in [3.8, 4) is 0 Å². The van der Waals surface area contributed by atoms with E-state index < -0.39 is 11.8 Å². The van der Waals surface area contributed by atoms with Crippen LogP contribution in [0.15, 0.2) is 0 Å². The monoisotopic (exact) mass is 295 g/mol. The number of carbonyl (C=O) groups is 3. The molecule has 21 heavy (non-hydrogen) atoms. The van der Waals surface area contributed by atoms with Crippen LogP contribution in [0.4, 0.5) is 0 Å². The van der Waals surface area contributed by atoms with Crippen LogP contribution in [0, 0.1) is 22.7 Å². The molecule has 2 amide bonds. The molecule has 1 saturated heterocycles. The molecule has 0 N–H and O–H groups in total. The molecule has 0 saturated carbocycles. The van der Waals surface area contributed by atoms with E-state index >= 15 is 0 Å². The summed E-state index contributed by atoms with van der Waals surface area (Å²) in [6, 6.07) is 0. The number of rotatable bonds is 2. The quantitative estimate of drug-likeness (QED) is 0.581. The fourth-order valence-electron chi connectivity index (χ4n) is 3.29. The molecule has 0 aliphatic carbocycles. The maximum absolute atomic E-state index is 12.9. The van der Waals surface area contributed by atoms with Gasteiger partial charge in [-0.2, -0.15) is 0 Å².